The smallest absolute Gasteiger partial charge is 0.0625 e. The van der Waals surface area contributed by atoms with Gasteiger partial charge in [-0.3, -0.25) is 4.99 Å². The average molecular weight is 382 g/mol. The Morgan fingerprint density at radius 3 is 2.66 bits per heavy atom. The van der Waals surface area contributed by atoms with E-state index in [1.807, 2.05) is 0 Å². The van der Waals surface area contributed by atoms with E-state index in [2.05, 4.69) is 93.4 Å². The van der Waals surface area contributed by atoms with Crippen LogP contribution in [-0.4, -0.2) is 6.72 Å². The lowest BCUT2D eigenvalue weighted by atomic mass is 9.88. The molecule has 29 heavy (non-hydrogen) atoms. The average Bonchev–Trinajstić information content (AvgIpc) is 3.11. The molecule has 2 aliphatic carbocycles. The van der Waals surface area contributed by atoms with E-state index in [-0.39, 0.29) is 0 Å². The molecule has 1 nitrogen and oxygen atoms in total. The van der Waals surface area contributed by atoms with Gasteiger partial charge in [0.25, 0.3) is 0 Å². The Kier molecular flexibility index (Phi) is 6.89. The van der Waals surface area contributed by atoms with Crippen molar-refractivity contribution >= 4 is 12.4 Å². The molecule has 1 aromatic carbocycles. The van der Waals surface area contributed by atoms with E-state index in [1.54, 1.807) is 0 Å². The van der Waals surface area contributed by atoms with Crippen molar-refractivity contribution in [3.8, 4) is 11.8 Å². The van der Waals surface area contributed by atoms with E-state index in [9.17, 15) is 0 Å². The molecule has 0 fully saturated rings. The zero-order valence-electron chi connectivity index (χ0n) is 18.0. The van der Waals surface area contributed by atoms with Gasteiger partial charge in [0.1, 0.15) is 0 Å². The number of hydrogen-bond donors (Lipinski definition) is 0. The van der Waals surface area contributed by atoms with Gasteiger partial charge in [-0.05, 0) is 80.3 Å². The van der Waals surface area contributed by atoms with Crippen molar-refractivity contribution in [1.82, 2.24) is 0 Å². The lowest BCUT2D eigenvalue weighted by molar-refractivity contribution is 0.817. The Balaban J connectivity index is 1.85. The van der Waals surface area contributed by atoms with E-state index >= 15 is 0 Å². The highest BCUT2D eigenvalue weighted by molar-refractivity contribution is 5.59. The molecule has 0 heterocycles. The number of fused-ring (bicyclic) bond motifs is 3. The van der Waals surface area contributed by atoms with Crippen molar-refractivity contribution in [3.63, 3.8) is 0 Å². The van der Waals surface area contributed by atoms with Gasteiger partial charge in [0.05, 0.1) is 5.69 Å². The van der Waals surface area contributed by atoms with Crippen molar-refractivity contribution in [2.45, 2.75) is 58.8 Å². The van der Waals surface area contributed by atoms with E-state index in [1.165, 1.54) is 22.3 Å². The third kappa shape index (κ3) is 4.96. The van der Waals surface area contributed by atoms with Gasteiger partial charge in [0.2, 0.25) is 0 Å². The number of hydrogen-bond acceptors (Lipinski definition) is 1. The summed E-state index contributed by atoms with van der Waals surface area (Å²) >= 11 is 0. The first kappa shape index (κ1) is 20.9. The Morgan fingerprint density at radius 1 is 1.17 bits per heavy atom. The molecule has 1 unspecified atom stereocenters. The normalized spacial score (nSPS) is 17.2. The molecule has 0 saturated carbocycles. The van der Waals surface area contributed by atoms with Crippen LogP contribution in [-0.2, 0) is 6.42 Å². The van der Waals surface area contributed by atoms with Crippen LogP contribution in [0.15, 0.2) is 81.9 Å². The maximum Gasteiger partial charge on any atom is 0.0625 e. The first-order chi connectivity index (χ1) is 14.1. The summed E-state index contributed by atoms with van der Waals surface area (Å²) in [6, 6.07) is 6.46. The molecule has 148 valence electrons. The molecule has 2 aliphatic rings. The summed E-state index contributed by atoms with van der Waals surface area (Å²) in [5, 5.41) is 0. The van der Waals surface area contributed by atoms with E-state index < -0.39 is 0 Å². The van der Waals surface area contributed by atoms with Gasteiger partial charge in [0.15, 0.2) is 0 Å². The minimum absolute atomic E-state index is 0.496. The molecule has 1 atom stereocenters. The van der Waals surface area contributed by atoms with Crippen molar-refractivity contribution in [2.75, 3.05) is 0 Å². The third-order valence-electron chi connectivity index (χ3n) is 5.87. The van der Waals surface area contributed by atoms with Gasteiger partial charge in [-0.25, -0.2) is 0 Å². The number of allylic oxidation sites excluding steroid dienone is 9. The van der Waals surface area contributed by atoms with Gasteiger partial charge in [-0.1, -0.05) is 68.1 Å². The Labute approximate surface area is 176 Å². The minimum atomic E-state index is 0.496. The standard InChI is InChI=1S/C28H31N/c1-6-20(4)15-23(16-21(7-2)8-3)10-9-22-11-13-27-24(17-22)18-25-19-26(29-5)12-14-28(25)27/h11-12,14-17,19,27H,4-8,13,18H2,1-3H3/b23-15-. The fourth-order valence-electron chi connectivity index (χ4n) is 4.00. The van der Waals surface area contributed by atoms with Crippen LogP contribution >= 0.6 is 0 Å². The van der Waals surface area contributed by atoms with Crippen molar-refractivity contribution < 1.29 is 0 Å². The molecule has 1 heteroatoms. The molecule has 0 aliphatic heterocycles. The van der Waals surface area contributed by atoms with E-state index in [4.69, 9.17) is 0 Å². The van der Waals surface area contributed by atoms with Gasteiger partial charge < -0.3 is 0 Å². The maximum atomic E-state index is 4.14. The molecule has 0 spiro atoms. The Morgan fingerprint density at radius 2 is 1.97 bits per heavy atom. The van der Waals surface area contributed by atoms with Crippen LogP contribution < -0.4 is 0 Å². The molecule has 0 N–H and O–H groups in total. The summed E-state index contributed by atoms with van der Waals surface area (Å²) < 4.78 is 0. The van der Waals surface area contributed by atoms with Crippen LogP contribution in [0.2, 0.25) is 0 Å². The lowest BCUT2D eigenvalue weighted by Gasteiger charge is -2.16. The minimum Gasteiger partial charge on any atom is -0.265 e. The van der Waals surface area contributed by atoms with Gasteiger partial charge in [-0.2, -0.15) is 0 Å². The topological polar surface area (TPSA) is 12.4 Å². The molecular formula is C28H31N. The van der Waals surface area contributed by atoms with E-state index in [0.29, 0.717) is 5.92 Å². The molecule has 0 bridgehead atoms. The monoisotopic (exact) mass is 381 g/mol. The molecule has 3 rings (SSSR count). The fraction of sp³-hybridized carbons (Fsp3) is 0.321. The van der Waals surface area contributed by atoms with Crippen molar-refractivity contribution in [1.29, 1.82) is 0 Å². The summed E-state index contributed by atoms with van der Waals surface area (Å²) in [5.74, 6) is 7.33. The molecule has 1 aromatic rings. The highest BCUT2D eigenvalue weighted by Gasteiger charge is 2.28. The van der Waals surface area contributed by atoms with Crippen LogP contribution in [0.4, 0.5) is 5.69 Å². The molecule has 0 aromatic heterocycles. The lowest BCUT2D eigenvalue weighted by Crippen LogP contribution is -2.00. The second kappa shape index (κ2) is 9.57. The molecule has 0 amide bonds. The predicted octanol–water partition coefficient (Wildman–Crippen LogP) is 7.56. The molecule has 0 radical (unpaired) electrons. The molecule has 0 saturated heterocycles. The number of benzene rings is 1. The highest BCUT2D eigenvalue weighted by Crippen LogP contribution is 2.43. The van der Waals surface area contributed by atoms with Crippen LogP contribution in [0.5, 0.6) is 0 Å². The summed E-state index contributed by atoms with van der Waals surface area (Å²) in [7, 11) is 0. The van der Waals surface area contributed by atoms with Gasteiger partial charge in [-0.15, -0.1) is 0 Å². The zero-order chi connectivity index (χ0) is 20.8. The number of rotatable bonds is 6. The summed E-state index contributed by atoms with van der Waals surface area (Å²) in [6.45, 7) is 14.3. The van der Waals surface area contributed by atoms with Gasteiger partial charge in [0, 0.05) is 17.1 Å². The highest BCUT2D eigenvalue weighted by atomic mass is 14.7. The quantitative estimate of drug-likeness (QED) is 0.274. The zero-order valence-corrected chi connectivity index (χ0v) is 18.0. The Hall–Kier alpha value is -2.85. The Bertz CT molecular complexity index is 992. The summed E-state index contributed by atoms with van der Waals surface area (Å²) in [4.78, 5) is 4.07. The van der Waals surface area contributed by atoms with Crippen LogP contribution in [0.3, 0.4) is 0 Å². The second-order valence-corrected chi connectivity index (χ2v) is 7.76. The third-order valence-corrected chi connectivity index (χ3v) is 5.87. The van der Waals surface area contributed by atoms with Gasteiger partial charge >= 0.3 is 0 Å². The van der Waals surface area contributed by atoms with Crippen molar-refractivity contribution in [2.24, 2.45) is 4.99 Å². The summed E-state index contributed by atoms with van der Waals surface area (Å²) in [5.41, 5.74) is 9.97. The second-order valence-electron chi connectivity index (χ2n) is 7.76. The maximum absolute atomic E-state index is 4.14. The summed E-state index contributed by atoms with van der Waals surface area (Å²) in [6.07, 6.45) is 14.0. The largest absolute Gasteiger partial charge is 0.265 e. The van der Waals surface area contributed by atoms with Crippen LogP contribution in [0.25, 0.3) is 0 Å². The SMILES string of the molecule is C=Nc1ccc2c(c1)CC1=CC(C#C/C(C=C(CC)CC)=C/C(=C)CC)=CCC12. The number of nitrogens with zero attached hydrogens (tertiary/aromatic N) is 1. The first-order valence-electron chi connectivity index (χ1n) is 10.7. The van der Waals surface area contributed by atoms with E-state index in [0.717, 1.165) is 54.5 Å². The van der Waals surface area contributed by atoms with Crippen LogP contribution in [0, 0.1) is 11.8 Å². The van der Waals surface area contributed by atoms with Crippen LogP contribution in [0.1, 0.15) is 63.5 Å². The first-order valence-corrected chi connectivity index (χ1v) is 10.7. The fourth-order valence-corrected chi connectivity index (χ4v) is 4.00. The molecular weight excluding hydrogens is 350 g/mol. The predicted molar refractivity (Wildman–Crippen MR) is 127 cm³/mol. The van der Waals surface area contributed by atoms with Crippen molar-refractivity contribution in [3.05, 3.63) is 88.1 Å². The number of aliphatic imine (C=N–C) groups is 1.